The third kappa shape index (κ3) is 3.75. The number of alkyl halides is 4. The van der Waals surface area contributed by atoms with E-state index >= 15 is 0 Å². The van der Waals surface area contributed by atoms with Gasteiger partial charge < -0.3 is 15.6 Å². The Kier molecular flexibility index (Phi) is 3.94. The summed E-state index contributed by atoms with van der Waals surface area (Å²) < 4.78 is 52.1. The summed E-state index contributed by atoms with van der Waals surface area (Å²) in [4.78, 5) is 14.0. The maximum atomic E-state index is 12.4. The minimum atomic E-state index is -5.01. The zero-order valence-corrected chi connectivity index (χ0v) is 8.79. The molecule has 1 heterocycles. The molecule has 0 aliphatic rings. The first-order chi connectivity index (χ1) is 8.23. The van der Waals surface area contributed by atoms with Crippen LogP contribution in [-0.4, -0.2) is 22.4 Å². The number of nitrogens with two attached hydrogens (primary N) is 1. The van der Waals surface area contributed by atoms with Gasteiger partial charge in [-0.25, -0.2) is 4.39 Å². The van der Waals surface area contributed by atoms with E-state index in [1.54, 1.807) is 0 Å². The first-order valence-electron chi connectivity index (χ1n) is 4.54. The number of carbonyl (C=O) groups is 1. The molecule has 1 rings (SSSR count). The number of nitrogen functional groups attached to an aromatic ring is 1. The molecule has 5 nitrogen and oxygen atoms in total. The van der Waals surface area contributed by atoms with Crippen LogP contribution in [-0.2, 0) is 17.9 Å². The lowest BCUT2D eigenvalue weighted by molar-refractivity contribution is -0.274. The van der Waals surface area contributed by atoms with Gasteiger partial charge in [-0.1, -0.05) is 0 Å². The van der Waals surface area contributed by atoms with Crippen LogP contribution >= 0.6 is 0 Å². The van der Waals surface area contributed by atoms with Crippen LogP contribution in [0.25, 0.3) is 0 Å². The summed E-state index contributed by atoms with van der Waals surface area (Å²) in [7, 11) is 0. The number of aromatic nitrogens is 1. The molecule has 0 fully saturated rings. The van der Waals surface area contributed by atoms with Crippen molar-refractivity contribution in [1.82, 2.24) is 4.98 Å². The summed E-state index contributed by atoms with van der Waals surface area (Å²) in [5, 5.41) is 8.53. The van der Waals surface area contributed by atoms with E-state index < -0.39 is 36.9 Å². The van der Waals surface area contributed by atoms with Crippen LogP contribution in [0.5, 0.6) is 5.75 Å². The smallest absolute Gasteiger partial charge is 0.481 e. The molecule has 1 aromatic rings. The van der Waals surface area contributed by atoms with Gasteiger partial charge in [-0.15, -0.1) is 13.2 Å². The summed E-state index contributed by atoms with van der Waals surface area (Å²) in [6.07, 6.45) is -5.74. The number of halogens is 4. The number of rotatable bonds is 4. The summed E-state index contributed by atoms with van der Waals surface area (Å²) in [5.41, 5.74) is 3.95. The van der Waals surface area contributed by atoms with Gasteiger partial charge in [0, 0.05) is 6.07 Å². The van der Waals surface area contributed by atoms with Crippen LogP contribution in [0.2, 0.25) is 0 Å². The predicted octanol–water partition coefficient (Wildman–Crippen LogP) is 1.66. The standard InChI is InChI=1S/C9H8F4N2O3/c10-3-4-1-6(18-9(11,12)13)8(14)5(15-4)2-7(16)17/h1H,2-3,14H2,(H,16,17). The van der Waals surface area contributed by atoms with Gasteiger partial charge in [-0.3, -0.25) is 9.78 Å². The number of aliphatic carboxylic acids is 1. The Balaban J connectivity index is 3.20. The second-order valence-corrected chi connectivity index (χ2v) is 3.22. The Bertz CT molecular complexity index is 462. The molecule has 0 atom stereocenters. The number of anilines is 1. The summed E-state index contributed by atoms with van der Waals surface area (Å²) in [6, 6.07) is 0.675. The number of nitrogens with zero attached hydrogens (tertiary/aromatic N) is 1. The van der Waals surface area contributed by atoms with Crippen LogP contribution in [0.4, 0.5) is 23.2 Å². The highest BCUT2D eigenvalue weighted by atomic mass is 19.4. The molecule has 1 aromatic heterocycles. The highest BCUT2D eigenvalue weighted by Gasteiger charge is 2.33. The van der Waals surface area contributed by atoms with E-state index in [1.807, 2.05) is 0 Å². The van der Waals surface area contributed by atoms with Crippen molar-refractivity contribution in [2.24, 2.45) is 0 Å². The molecule has 0 aromatic carbocycles. The molecular formula is C9H8F4N2O3. The van der Waals surface area contributed by atoms with Crippen LogP contribution in [0.3, 0.4) is 0 Å². The molecule has 0 spiro atoms. The maximum Gasteiger partial charge on any atom is 0.573 e. The quantitative estimate of drug-likeness (QED) is 0.811. The molecule has 0 radical (unpaired) electrons. The van der Waals surface area contributed by atoms with Crippen LogP contribution in [0, 0.1) is 0 Å². The Labute approximate surface area is 98.2 Å². The second kappa shape index (κ2) is 5.07. The van der Waals surface area contributed by atoms with Crippen LogP contribution in [0.15, 0.2) is 6.07 Å². The van der Waals surface area contributed by atoms with Crippen molar-refractivity contribution < 1.29 is 32.2 Å². The Morgan fingerprint density at radius 2 is 2.11 bits per heavy atom. The van der Waals surface area contributed by atoms with E-state index in [1.165, 1.54) is 0 Å². The summed E-state index contributed by atoms with van der Waals surface area (Å²) >= 11 is 0. The summed E-state index contributed by atoms with van der Waals surface area (Å²) in [5.74, 6) is -2.22. The van der Waals surface area contributed by atoms with Crippen LogP contribution in [0.1, 0.15) is 11.4 Å². The predicted molar refractivity (Wildman–Crippen MR) is 51.5 cm³/mol. The molecule has 0 saturated carbocycles. The molecule has 0 bridgehead atoms. The van der Waals surface area contributed by atoms with E-state index in [0.29, 0.717) is 6.07 Å². The zero-order chi connectivity index (χ0) is 13.9. The van der Waals surface area contributed by atoms with Gasteiger partial charge in [0.25, 0.3) is 0 Å². The third-order valence-corrected chi connectivity index (χ3v) is 1.83. The highest BCUT2D eigenvalue weighted by Crippen LogP contribution is 2.31. The van der Waals surface area contributed by atoms with E-state index in [-0.39, 0.29) is 11.4 Å². The van der Waals surface area contributed by atoms with Gasteiger partial charge in [-0.05, 0) is 0 Å². The molecule has 0 saturated heterocycles. The zero-order valence-electron chi connectivity index (χ0n) is 8.79. The Morgan fingerprint density at radius 3 is 2.56 bits per heavy atom. The molecule has 18 heavy (non-hydrogen) atoms. The van der Waals surface area contributed by atoms with Gasteiger partial charge in [0.15, 0.2) is 5.75 Å². The fourth-order valence-corrected chi connectivity index (χ4v) is 1.19. The minimum absolute atomic E-state index is 0.378. The first kappa shape index (κ1) is 14.0. The lowest BCUT2D eigenvalue weighted by Crippen LogP contribution is -2.19. The largest absolute Gasteiger partial charge is 0.573 e. The number of ether oxygens (including phenoxy) is 1. The van der Waals surface area contributed by atoms with Gasteiger partial charge in [0.2, 0.25) is 0 Å². The maximum absolute atomic E-state index is 12.4. The third-order valence-electron chi connectivity index (χ3n) is 1.83. The Hall–Kier alpha value is -2.06. The van der Waals surface area contributed by atoms with E-state index in [9.17, 15) is 22.4 Å². The van der Waals surface area contributed by atoms with Crippen LogP contribution < -0.4 is 10.5 Å². The molecule has 9 heteroatoms. The van der Waals surface area contributed by atoms with Crippen molar-refractivity contribution >= 4 is 11.7 Å². The van der Waals surface area contributed by atoms with Crippen molar-refractivity contribution in [2.75, 3.05) is 5.73 Å². The Morgan fingerprint density at radius 1 is 1.50 bits per heavy atom. The number of hydrogen-bond acceptors (Lipinski definition) is 4. The topological polar surface area (TPSA) is 85.4 Å². The van der Waals surface area contributed by atoms with Crippen molar-refractivity contribution in [3.8, 4) is 5.75 Å². The second-order valence-electron chi connectivity index (χ2n) is 3.22. The van der Waals surface area contributed by atoms with E-state index in [4.69, 9.17) is 10.8 Å². The molecule has 3 N–H and O–H groups in total. The van der Waals surface area contributed by atoms with Crippen molar-refractivity contribution in [3.63, 3.8) is 0 Å². The molecule has 0 amide bonds. The van der Waals surface area contributed by atoms with Crippen molar-refractivity contribution in [2.45, 2.75) is 19.5 Å². The van der Waals surface area contributed by atoms with E-state index in [0.717, 1.165) is 0 Å². The van der Waals surface area contributed by atoms with Gasteiger partial charge in [0.1, 0.15) is 6.67 Å². The monoisotopic (exact) mass is 268 g/mol. The summed E-state index contributed by atoms with van der Waals surface area (Å²) in [6.45, 7) is -1.17. The fourth-order valence-electron chi connectivity index (χ4n) is 1.19. The molecule has 0 unspecified atom stereocenters. The first-order valence-corrected chi connectivity index (χ1v) is 4.54. The van der Waals surface area contributed by atoms with Crippen molar-refractivity contribution in [1.29, 1.82) is 0 Å². The number of carboxylic acids is 1. The molecule has 0 aliphatic carbocycles. The molecule has 100 valence electrons. The van der Waals surface area contributed by atoms with E-state index in [2.05, 4.69) is 9.72 Å². The van der Waals surface area contributed by atoms with Crippen molar-refractivity contribution in [3.05, 3.63) is 17.5 Å². The highest BCUT2D eigenvalue weighted by molar-refractivity contribution is 5.73. The normalized spacial score (nSPS) is 11.3. The minimum Gasteiger partial charge on any atom is -0.481 e. The lowest BCUT2D eigenvalue weighted by atomic mass is 10.2. The fraction of sp³-hybridized carbons (Fsp3) is 0.333. The lowest BCUT2D eigenvalue weighted by Gasteiger charge is -2.13. The molecular weight excluding hydrogens is 260 g/mol. The van der Waals surface area contributed by atoms with Gasteiger partial charge in [0.05, 0.1) is 23.5 Å². The number of carboxylic acid groups (broad SMARTS) is 1. The average Bonchev–Trinajstić information content (AvgIpc) is 2.21. The SMILES string of the molecule is Nc1c(OC(F)(F)F)cc(CF)nc1CC(=O)O. The van der Waals surface area contributed by atoms with Gasteiger partial charge >= 0.3 is 12.3 Å². The number of pyridine rings is 1. The average molecular weight is 268 g/mol. The molecule has 0 aliphatic heterocycles. The number of hydrogen-bond donors (Lipinski definition) is 2. The van der Waals surface area contributed by atoms with Gasteiger partial charge in [-0.2, -0.15) is 0 Å².